The molecule has 1 aliphatic heterocycles. The van der Waals surface area contributed by atoms with E-state index in [1.54, 1.807) is 0 Å². The normalized spacial score (nSPS) is 22.0. The van der Waals surface area contributed by atoms with E-state index in [4.69, 9.17) is 9.47 Å². The third-order valence-corrected chi connectivity index (χ3v) is 6.82. The van der Waals surface area contributed by atoms with E-state index in [0.717, 1.165) is 33.0 Å². The Bertz CT molecular complexity index is 551. The van der Waals surface area contributed by atoms with E-state index in [2.05, 4.69) is 47.5 Å². The summed E-state index contributed by atoms with van der Waals surface area (Å²) in [7, 11) is 2.08. The fourth-order valence-corrected chi connectivity index (χ4v) is 4.91. The molecule has 1 aromatic rings. The molecule has 28 heavy (non-hydrogen) atoms. The highest BCUT2D eigenvalue weighted by Crippen LogP contribution is 2.44. The quantitative estimate of drug-likeness (QED) is 0.640. The number of nitrogens with one attached hydrogen (secondary N) is 2. The topological polar surface area (TPSA) is 62.4 Å². The van der Waals surface area contributed by atoms with Crippen LogP contribution in [-0.4, -0.2) is 67.7 Å². The Morgan fingerprint density at radius 1 is 1.11 bits per heavy atom. The molecule has 2 N–H and O–H groups in total. The van der Waals surface area contributed by atoms with Gasteiger partial charge in [-0.2, -0.15) is 5.10 Å². The van der Waals surface area contributed by atoms with Gasteiger partial charge in [0.1, 0.15) is 0 Å². The second kappa shape index (κ2) is 10.7. The number of nitrogens with zero attached hydrogens (tertiary/aromatic N) is 2. The molecule has 3 rings (SSSR count). The molecule has 0 unspecified atom stereocenters. The van der Waals surface area contributed by atoms with Gasteiger partial charge >= 0.3 is 0 Å². The zero-order valence-corrected chi connectivity index (χ0v) is 18.1. The van der Waals surface area contributed by atoms with Gasteiger partial charge < -0.3 is 14.8 Å². The highest BCUT2D eigenvalue weighted by atomic mass is 16.5. The molecule has 0 spiro atoms. The van der Waals surface area contributed by atoms with Gasteiger partial charge in [-0.3, -0.25) is 10.00 Å². The summed E-state index contributed by atoms with van der Waals surface area (Å²) in [4.78, 5) is 2.58. The lowest BCUT2D eigenvalue weighted by Crippen LogP contribution is -2.40. The molecule has 2 aliphatic rings. The number of H-pyrrole nitrogens is 1. The van der Waals surface area contributed by atoms with Crippen LogP contribution in [0.5, 0.6) is 0 Å². The van der Waals surface area contributed by atoms with E-state index in [1.165, 1.54) is 62.9 Å². The van der Waals surface area contributed by atoms with Crippen molar-refractivity contribution in [2.75, 3.05) is 46.6 Å². The Labute approximate surface area is 170 Å². The molecule has 1 saturated heterocycles. The maximum Gasteiger partial charge on any atom is 0.0544 e. The summed E-state index contributed by atoms with van der Waals surface area (Å²) in [5, 5.41) is 11.2. The first-order chi connectivity index (χ1) is 13.7. The summed E-state index contributed by atoms with van der Waals surface area (Å²) in [5.41, 5.74) is 2.96. The Morgan fingerprint density at radius 3 is 2.32 bits per heavy atom. The first kappa shape index (κ1) is 21.8. The molecule has 1 aromatic heterocycles. The van der Waals surface area contributed by atoms with Crippen molar-refractivity contribution in [2.45, 2.75) is 70.9 Å². The summed E-state index contributed by atoms with van der Waals surface area (Å²) in [6.07, 6.45) is 9.26. The summed E-state index contributed by atoms with van der Waals surface area (Å²) >= 11 is 0. The molecular formula is C22H40N4O2. The fourth-order valence-electron chi connectivity index (χ4n) is 4.91. The van der Waals surface area contributed by atoms with E-state index < -0.39 is 0 Å². The molecule has 160 valence electrons. The van der Waals surface area contributed by atoms with Gasteiger partial charge in [-0.1, -0.05) is 0 Å². The highest BCUT2D eigenvalue weighted by molar-refractivity contribution is 5.21. The molecule has 6 heteroatoms. The number of hydrogen-bond donors (Lipinski definition) is 2. The average molecular weight is 393 g/mol. The molecular weight excluding hydrogens is 352 g/mol. The number of piperidine rings is 1. The van der Waals surface area contributed by atoms with Crippen LogP contribution in [0.3, 0.4) is 0 Å². The Hall–Kier alpha value is -0.950. The van der Waals surface area contributed by atoms with Crippen LogP contribution in [0.2, 0.25) is 0 Å². The third-order valence-electron chi connectivity index (χ3n) is 6.82. The zero-order chi connectivity index (χ0) is 19.8. The van der Waals surface area contributed by atoms with Gasteiger partial charge in [0, 0.05) is 48.4 Å². The van der Waals surface area contributed by atoms with E-state index in [1.807, 2.05) is 0 Å². The summed E-state index contributed by atoms with van der Waals surface area (Å²) in [5.74, 6) is 0.587. The predicted molar refractivity (Wildman–Crippen MR) is 113 cm³/mol. The smallest absolute Gasteiger partial charge is 0.0544 e. The standard InChI is InChI=1S/C22H40N4O2/c1-4-27-16-22(17-28-5-2)10-6-18(7-11-22)21-19(14-24-25-21)15-26-12-8-20(23-3)9-13-26/h14,18,20,23H,4-13,15-17H2,1-3H3,(H,24,25). The van der Waals surface area contributed by atoms with Crippen molar-refractivity contribution in [3.63, 3.8) is 0 Å². The van der Waals surface area contributed by atoms with Gasteiger partial charge in [0.25, 0.3) is 0 Å². The molecule has 0 radical (unpaired) electrons. The summed E-state index contributed by atoms with van der Waals surface area (Å²) < 4.78 is 11.7. The van der Waals surface area contributed by atoms with Gasteiger partial charge in [-0.05, 0) is 72.5 Å². The maximum absolute atomic E-state index is 5.83. The minimum atomic E-state index is 0.192. The first-order valence-corrected chi connectivity index (χ1v) is 11.3. The van der Waals surface area contributed by atoms with Gasteiger partial charge in [0.15, 0.2) is 0 Å². The van der Waals surface area contributed by atoms with Crippen LogP contribution in [0, 0.1) is 5.41 Å². The van der Waals surface area contributed by atoms with Crippen LogP contribution < -0.4 is 5.32 Å². The van der Waals surface area contributed by atoms with Crippen LogP contribution in [0.15, 0.2) is 6.20 Å². The fraction of sp³-hybridized carbons (Fsp3) is 0.864. The second-order valence-corrected chi connectivity index (χ2v) is 8.70. The molecule has 0 bridgehead atoms. The first-order valence-electron chi connectivity index (χ1n) is 11.3. The van der Waals surface area contributed by atoms with Crippen molar-refractivity contribution in [3.05, 3.63) is 17.5 Å². The van der Waals surface area contributed by atoms with Crippen LogP contribution in [-0.2, 0) is 16.0 Å². The van der Waals surface area contributed by atoms with Crippen molar-refractivity contribution < 1.29 is 9.47 Å². The van der Waals surface area contributed by atoms with Gasteiger partial charge in [0.2, 0.25) is 0 Å². The van der Waals surface area contributed by atoms with E-state index in [0.29, 0.717) is 12.0 Å². The molecule has 0 atom stereocenters. The largest absolute Gasteiger partial charge is 0.381 e. The number of likely N-dealkylation sites (tertiary alicyclic amines) is 1. The molecule has 0 aromatic carbocycles. The number of rotatable bonds is 10. The van der Waals surface area contributed by atoms with Gasteiger partial charge in [0.05, 0.1) is 19.4 Å². The van der Waals surface area contributed by atoms with Crippen molar-refractivity contribution in [1.82, 2.24) is 20.4 Å². The molecule has 1 aliphatic carbocycles. The Balaban J connectivity index is 1.56. The number of hydrogen-bond acceptors (Lipinski definition) is 5. The van der Waals surface area contributed by atoms with E-state index >= 15 is 0 Å². The summed E-state index contributed by atoms with van der Waals surface area (Å²) in [6, 6.07) is 0.683. The van der Waals surface area contributed by atoms with E-state index in [9.17, 15) is 0 Å². The Morgan fingerprint density at radius 2 is 1.75 bits per heavy atom. The minimum Gasteiger partial charge on any atom is -0.381 e. The monoisotopic (exact) mass is 392 g/mol. The lowest BCUT2D eigenvalue weighted by Gasteiger charge is -2.40. The second-order valence-electron chi connectivity index (χ2n) is 8.70. The van der Waals surface area contributed by atoms with E-state index in [-0.39, 0.29) is 5.41 Å². The van der Waals surface area contributed by atoms with Crippen molar-refractivity contribution in [2.24, 2.45) is 5.41 Å². The molecule has 2 heterocycles. The maximum atomic E-state index is 5.83. The highest BCUT2D eigenvalue weighted by Gasteiger charge is 2.37. The molecule has 1 saturated carbocycles. The van der Waals surface area contributed by atoms with Crippen LogP contribution in [0.25, 0.3) is 0 Å². The Kier molecular flexibility index (Phi) is 8.33. The lowest BCUT2D eigenvalue weighted by atomic mass is 9.70. The average Bonchev–Trinajstić information content (AvgIpc) is 3.20. The molecule has 6 nitrogen and oxygen atoms in total. The SMILES string of the molecule is CCOCC1(COCC)CCC(c2[nH]ncc2CN2CCC(NC)CC2)CC1. The third kappa shape index (κ3) is 5.56. The zero-order valence-electron chi connectivity index (χ0n) is 18.1. The molecule has 0 amide bonds. The van der Waals surface area contributed by atoms with Crippen LogP contribution >= 0.6 is 0 Å². The van der Waals surface area contributed by atoms with Crippen molar-refractivity contribution in [1.29, 1.82) is 0 Å². The van der Waals surface area contributed by atoms with Crippen molar-refractivity contribution >= 4 is 0 Å². The van der Waals surface area contributed by atoms with Crippen LogP contribution in [0.1, 0.15) is 69.5 Å². The number of aromatic amines is 1. The minimum absolute atomic E-state index is 0.192. The summed E-state index contributed by atoms with van der Waals surface area (Å²) in [6.45, 7) is 10.8. The predicted octanol–water partition coefficient (Wildman–Crippen LogP) is 3.31. The van der Waals surface area contributed by atoms with Crippen molar-refractivity contribution in [3.8, 4) is 0 Å². The number of aromatic nitrogens is 2. The lowest BCUT2D eigenvalue weighted by molar-refractivity contribution is -0.0397. The number of ether oxygens (including phenoxy) is 2. The van der Waals surface area contributed by atoms with Gasteiger partial charge in [-0.15, -0.1) is 0 Å². The van der Waals surface area contributed by atoms with Gasteiger partial charge in [-0.25, -0.2) is 0 Å². The molecule has 2 fully saturated rings. The van der Waals surface area contributed by atoms with Crippen LogP contribution in [0.4, 0.5) is 0 Å².